The van der Waals surface area contributed by atoms with Crippen LogP contribution in [0, 0.1) is 17.0 Å². The highest BCUT2D eigenvalue weighted by Crippen LogP contribution is 2.33. The summed E-state index contributed by atoms with van der Waals surface area (Å²) in [5.74, 6) is 0. The first-order valence-corrected chi connectivity index (χ1v) is 4.36. The van der Waals surface area contributed by atoms with E-state index in [-0.39, 0.29) is 5.69 Å². The fourth-order valence-electron chi connectivity index (χ4n) is 1.23. The second-order valence-electron chi connectivity index (χ2n) is 2.85. The van der Waals surface area contributed by atoms with Crippen molar-refractivity contribution in [3.63, 3.8) is 0 Å². The zero-order valence-electron chi connectivity index (χ0n) is 7.91. The van der Waals surface area contributed by atoms with Gasteiger partial charge in [0.1, 0.15) is 11.8 Å². The number of aromatic nitrogens is 1. The van der Waals surface area contributed by atoms with Crippen molar-refractivity contribution in [2.24, 2.45) is 0 Å². The summed E-state index contributed by atoms with van der Waals surface area (Å²) in [6.45, 7) is 1.27. The number of hydrogen-bond acceptors (Lipinski definition) is 4. The van der Waals surface area contributed by atoms with Crippen LogP contribution in [0.15, 0.2) is 6.20 Å². The fraction of sp³-hybridized carbons (Fsp3) is 0.250. The SMILES string of the molecule is Cc1ncc([N+](=O)[O-])c(C(F)F)c1C(=O)Cl. The van der Waals surface area contributed by atoms with E-state index >= 15 is 0 Å². The molecule has 0 atom stereocenters. The Kier molecular flexibility index (Phi) is 3.48. The Hall–Kier alpha value is -1.63. The number of nitrogens with zero attached hydrogens (tertiary/aromatic N) is 2. The van der Waals surface area contributed by atoms with E-state index in [2.05, 4.69) is 4.98 Å². The van der Waals surface area contributed by atoms with E-state index in [1.54, 1.807) is 0 Å². The molecule has 1 aromatic rings. The number of alkyl halides is 2. The molecule has 1 heterocycles. The molecule has 0 bridgehead atoms. The van der Waals surface area contributed by atoms with E-state index in [0.717, 1.165) is 0 Å². The van der Waals surface area contributed by atoms with Gasteiger partial charge in [-0.3, -0.25) is 19.9 Å². The lowest BCUT2D eigenvalue weighted by atomic mass is 10.1. The topological polar surface area (TPSA) is 73.1 Å². The Balaban J connectivity index is 3.63. The van der Waals surface area contributed by atoms with Crippen LogP contribution in [0.1, 0.15) is 28.0 Å². The number of carbonyl (C=O) groups is 1. The molecule has 16 heavy (non-hydrogen) atoms. The molecule has 0 saturated carbocycles. The molecule has 0 radical (unpaired) electrons. The maximum absolute atomic E-state index is 12.6. The van der Waals surface area contributed by atoms with Crippen molar-refractivity contribution in [2.45, 2.75) is 13.3 Å². The Bertz CT molecular complexity index is 465. The van der Waals surface area contributed by atoms with Gasteiger partial charge in [-0.15, -0.1) is 0 Å². The fourth-order valence-corrected chi connectivity index (χ4v) is 1.47. The molecular weight excluding hydrogens is 246 g/mol. The summed E-state index contributed by atoms with van der Waals surface area (Å²) in [6.07, 6.45) is -2.49. The Morgan fingerprint density at radius 1 is 1.62 bits per heavy atom. The predicted octanol–water partition coefficient (Wildman–Crippen LogP) is 2.61. The van der Waals surface area contributed by atoms with Crippen LogP contribution in [0.2, 0.25) is 0 Å². The number of carbonyl (C=O) groups excluding carboxylic acids is 1. The molecule has 1 rings (SSSR count). The molecule has 8 heteroatoms. The van der Waals surface area contributed by atoms with Crippen LogP contribution in [0.5, 0.6) is 0 Å². The standard InChI is InChI=1S/C8H5ClF2N2O3/c1-3-5(7(9)14)6(8(10)11)4(2-12-3)13(15)16/h2,8H,1H3. The molecule has 0 spiro atoms. The lowest BCUT2D eigenvalue weighted by Gasteiger charge is -2.07. The molecule has 0 saturated heterocycles. The molecule has 0 N–H and O–H groups in total. The third-order valence-corrected chi connectivity index (χ3v) is 2.09. The highest BCUT2D eigenvalue weighted by atomic mass is 35.5. The number of pyridine rings is 1. The average molecular weight is 251 g/mol. The van der Waals surface area contributed by atoms with Crippen LogP contribution >= 0.6 is 11.6 Å². The Morgan fingerprint density at radius 3 is 2.56 bits per heavy atom. The quantitative estimate of drug-likeness (QED) is 0.469. The van der Waals surface area contributed by atoms with Gasteiger partial charge in [-0.2, -0.15) is 0 Å². The van der Waals surface area contributed by atoms with Crippen molar-refractivity contribution in [3.05, 3.63) is 33.1 Å². The molecule has 0 aliphatic carbocycles. The summed E-state index contributed by atoms with van der Waals surface area (Å²) in [5, 5.41) is 9.30. The summed E-state index contributed by atoms with van der Waals surface area (Å²) in [6, 6.07) is 0. The lowest BCUT2D eigenvalue weighted by Crippen LogP contribution is -2.07. The van der Waals surface area contributed by atoms with Gasteiger partial charge in [0, 0.05) is 0 Å². The lowest BCUT2D eigenvalue weighted by molar-refractivity contribution is -0.386. The van der Waals surface area contributed by atoms with Gasteiger partial charge in [0.2, 0.25) is 0 Å². The van der Waals surface area contributed by atoms with Gasteiger partial charge in [0.25, 0.3) is 17.4 Å². The minimum atomic E-state index is -3.17. The zero-order chi connectivity index (χ0) is 12.5. The second kappa shape index (κ2) is 4.48. The number of nitro groups is 1. The third kappa shape index (κ3) is 2.13. The van der Waals surface area contributed by atoms with Crippen molar-refractivity contribution in [2.75, 3.05) is 0 Å². The number of hydrogen-bond donors (Lipinski definition) is 0. The van der Waals surface area contributed by atoms with Crippen LogP contribution in [-0.2, 0) is 0 Å². The summed E-state index contributed by atoms with van der Waals surface area (Å²) >= 11 is 5.10. The van der Waals surface area contributed by atoms with E-state index in [9.17, 15) is 23.7 Å². The van der Waals surface area contributed by atoms with E-state index in [1.165, 1.54) is 6.92 Å². The minimum Gasteiger partial charge on any atom is -0.276 e. The molecule has 86 valence electrons. The highest BCUT2D eigenvalue weighted by molar-refractivity contribution is 6.68. The molecule has 0 fully saturated rings. The van der Waals surface area contributed by atoms with Crippen molar-refractivity contribution < 1.29 is 18.5 Å². The van der Waals surface area contributed by atoms with Crippen LogP contribution in [0.25, 0.3) is 0 Å². The van der Waals surface area contributed by atoms with Gasteiger partial charge in [0.05, 0.1) is 16.2 Å². The Morgan fingerprint density at radius 2 is 2.19 bits per heavy atom. The van der Waals surface area contributed by atoms with Crippen molar-refractivity contribution >= 4 is 22.5 Å². The van der Waals surface area contributed by atoms with Crippen LogP contribution in [-0.4, -0.2) is 15.1 Å². The maximum Gasteiger partial charge on any atom is 0.297 e. The predicted molar refractivity (Wildman–Crippen MR) is 50.8 cm³/mol. The summed E-state index contributed by atoms with van der Waals surface area (Å²) in [4.78, 5) is 23.9. The van der Waals surface area contributed by atoms with Crippen LogP contribution in [0.4, 0.5) is 14.5 Å². The first-order valence-electron chi connectivity index (χ1n) is 3.98. The average Bonchev–Trinajstić information content (AvgIpc) is 2.15. The second-order valence-corrected chi connectivity index (χ2v) is 3.19. The monoisotopic (exact) mass is 250 g/mol. The van der Waals surface area contributed by atoms with E-state index in [1.807, 2.05) is 0 Å². The normalized spacial score (nSPS) is 10.6. The first-order chi connectivity index (χ1) is 7.36. The van der Waals surface area contributed by atoms with Gasteiger partial charge in [0.15, 0.2) is 0 Å². The van der Waals surface area contributed by atoms with Crippen molar-refractivity contribution in [3.8, 4) is 0 Å². The number of halogens is 3. The molecule has 0 aromatic carbocycles. The smallest absolute Gasteiger partial charge is 0.276 e. The summed E-state index contributed by atoms with van der Waals surface area (Å²) in [5.41, 5.74) is -2.58. The van der Waals surface area contributed by atoms with Gasteiger partial charge >= 0.3 is 0 Å². The minimum absolute atomic E-state index is 0.0686. The van der Waals surface area contributed by atoms with Crippen molar-refractivity contribution in [1.29, 1.82) is 0 Å². The molecule has 0 aliphatic rings. The molecule has 5 nitrogen and oxygen atoms in total. The van der Waals surface area contributed by atoms with Gasteiger partial charge < -0.3 is 0 Å². The highest BCUT2D eigenvalue weighted by Gasteiger charge is 2.30. The molecule has 1 aromatic heterocycles. The van der Waals surface area contributed by atoms with Crippen LogP contribution < -0.4 is 0 Å². The number of rotatable bonds is 3. The van der Waals surface area contributed by atoms with Gasteiger partial charge in [-0.1, -0.05) is 0 Å². The molecule has 0 amide bonds. The first kappa shape index (κ1) is 12.4. The maximum atomic E-state index is 12.6. The molecule has 0 unspecified atom stereocenters. The summed E-state index contributed by atoms with van der Waals surface area (Å²) in [7, 11) is 0. The van der Waals surface area contributed by atoms with E-state index in [0.29, 0.717) is 6.20 Å². The summed E-state index contributed by atoms with van der Waals surface area (Å²) < 4.78 is 25.3. The van der Waals surface area contributed by atoms with Crippen molar-refractivity contribution in [1.82, 2.24) is 4.98 Å². The van der Waals surface area contributed by atoms with E-state index in [4.69, 9.17) is 11.6 Å². The van der Waals surface area contributed by atoms with Crippen LogP contribution in [0.3, 0.4) is 0 Å². The number of aryl methyl sites for hydroxylation is 1. The molecular formula is C8H5ClF2N2O3. The molecule has 0 aliphatic heterocycles. The van der Waals surface area contributed by atoms with Gasteiger partial charge in [-0.25, -0.2) is 8.78 Å². The third-order valence-electron chi connectivity index (χ3n) is 1.90. The Labute approximate surface area is 93.2 Å². The van der Waals surface area contributed by atoms with Gasteiger partial charge in [-0.05, 0) is 18.5 Å². The van der Waals surface area contributed by atoms with E-state index < -0.39 is 33.4 Å². The zero-order valence-corrected chi connectivity index (χ0v) is 8.66. The largest absolute Gasteiger partial charge is 0.297 e.